The van der Waals surface area contributed by atoms with Crippen LogP contribution in [0.3, 0.4) is 0 Å². The van der Waals surface area contributed by atoms with Crippen LogP contribution in [0, 0.1) is 0 Å². The third kappa shape index (κ3) is 9.43. The van der Waals surface area contributed by atoms with Crippen LogP contribution in [0.15, 0.2) is 0 Å². The molecule has 0 fully saturated rings. The number of unbranched alkanes of at least 4 members (excludes halogenated alkanes) is 2. The Morgan fingerprint density at radius 1 is 1.36 bits per heavy atom. The Balaban J connectivity index is 2.85. The van der Waals surface area contributed by atoms with Crippen molar-refractivity contribution < 1.29 is 14.6 Å². The molecule has 0 aromatic carbocycles. The largest absolute Gasteiger partial charge is 0.550 e. The van der Waals surface area contributed by atoms with Gasteiger partial charge in [-0.05, 0) is 6.42 Å². The molecule has 0 N–H and O–H groups in total. The van der Waals surface area contributed by atoms with Crippen molar-refractivity contribution in [3.05, 3.63) is 0 Å². The third-order valence-electron chi connectivity index (χ3n) is 1.34. The van der Waals surface area contributed by atoms with Gasteiger partial charge in [0.2, 0.25) is 0 Å². The number of carboxylic acids is 1. The van der Waals surface area contributed by atoms with Crippen LogP contribution in [0.2, 0.25) is 0 Å². The zero-order valence-electron chi connectivity index (χ0n) is 6.97. The van der Waals surface area contributed by atoms with Gasteiger partial charge in [0, 0.05) is 19.0 Å². The van der Waals surface area contributed by atoms with Crippen molar-refractivity contribution >= 4 is 5.97 Å². The zero-order chi connectivity index (χ0) is 8.53. The van der Waals surface area contributed by atoms with Crippen molar-refractivity contribution in [3.63, 3.8) is 0 Å². The zero-order valence-corrected chi connectivity index (χ0v) is 6.97. The molecule has 11 heavy (non-hydrogen) atoms. The van der Waals surface area contributed by atoms with Gasteiger partial charge in [0.1, 0.15) is 0 Å². The molecule has 0 aliphatic carbocycles. The lowest BCUT2D eigenvalue weighted by Gasteiger charge is -2.03. The molecule has 3 nitrogen and oxygen atoms in total. The van der Waals surface area contributed by atoms with Gasteiger partial charge in [0.15, 0.2) is 0 Å². The van der Waals surface area contributed by atoms with Crippen molar-refractivity contribution in [2.24, 2.45) is 0 Å². The predicted molar refractivity (Wildman–Crippen MR) is 40.0 cm³/mol. The Kier molecular flexibility index (Phi) is 7.15. The van der Waals surface area contributed by atoms with E-state index >= 15 is 0 Å². The van der Waals surface area contributed by atoms with Crippen molar-refractivity contribution in [2.75, 3.05) is 13.2 Å². The molecular formula is C8H15O3-. The maximum Gasteiger partial charge on any atom is 0.0518 e. The van der Waals surface area contributed by atoms with Gasteiger partial charge in [0.05, 0.1) is 6.61 Å². The summed E-state index contributed by atoms with van der Waals surface area (Å²) in [5.41, 5.74) is 0. The maximum atomic E-state index is 9.90. The van der Waals surface area contributed by atoms with E-state index in [0.717, 1.165) is 19.3 Å². The smallest absolute Gasteiger partial charge is 0.0518 e. The van der Waals surface area contributed by atoms with Gasteiger partial charge >= 0.3 is 0 Å². The minimum Gasteiger partial charge on any atom is -0.550 e. The molecule has 0 saturated heterocycles. The van der Waals surface area contributed by atoms with Crippen LogP contribution in [0.25, 0.3) is 0 Å². The van der Waals surface area contributed by atoms with Crippen LogP contribution in [0.5, 0.6) is 0 Å². The lowest BCUT2D eigenvalue weighted by atomic mass is 10.3. The van der Waals surface area contributed by atoms with Gasteiger partial charge in [-0.2, -0.15) is 0 Å². The van der Waals surface area contributed by atoms with Crippen LogP contribution in [0.1, 0.15) is 32.6 Å². The van der Waals surface area contributed by atoms with E-state index in [4.69, 9.17) is 4.74 Å². The maximum absolute atomic E-state index is 9.90. The molecule has 0 radical (unpaired) electrons. The third-order valence-corrected chi connectivity index (χ3v) is 1.34. The number of hydrogen-bond donors (Lipinski definition) is 0. The molecule has 0 amide bonds. The first-order valence-corrected chi connectivity index (χ1v) is 4.05. The number of carbonyl (C=O) groups excluding carboxylic acids is 1. The lowest BCUT2D eigenvalue weighted by molar-refractivity contribution is -0.306. The molecule has 66 valence electrons. The van der Waals surface area contributed by atoms with E-state index in [-0.39, 0.29) is 13.0 Å². The topological polar surface area (TPSA) is 49.4 Å². The number of ether oxygens (including phenoxy) is 1. The van der Waals surface area contributed by atoms with E-state index in [0.29, 0.717) is 6.61 Å². The quantitative estimate of drug-likeness (QED) is 0.503. The molecule has 0 aromatic rings. The number of hydrogen-bond acceptors (Lipinski definition) is 3. The second kappa shape index (κ2) is 7.54. The van der Waals surface area contributed by atoms with Crippen LogP contribution >= 0.6 is 0 Å². The Morgan fingerprint density at radius 2 is 2.09 bits per heavy atom. The SMILES string of the molecule is CCCCCOCCC(=O)[O-]. The van der Waals surface area contributed by atoms with Crippen molar-refractivity contribution in [1.82, 2.24) is 0 Å². The Bertz CT molecular complexity index is 102. The first-order valence-electron chi connectivity index (χ1n) is 4.05. The summed E-state index contributed by atoms with van der Waals surface area (Å²) in [4.78, 5) is 9.90. The second-order valence-corrected chi connectivity index (χ2v) is 2.44. The van der Waals surface area contributed by atoms with Crippen LogP contribution in [0.4, 0.5) is 0 Å². The second-order valence-electron chi connectivity index (χ2n) is 2.44. The molecule has 3 heteroatoms. The van der Waals surface area contributed by atoms with E-state index < -0.39 is 5.97 Å². The molecule has 0 aliphatic heterocycles. The molecule has 0 aromatic heterocycles. The average Bonchev–Trinajstić information content (AvgIpc) is 1.96. The highest BCUT2D eigenvalue weighted by Crippen LogP contribution is 1.94. The molecule has 0 spiro atoms. The van der Waals surface area contributed by atoms with Gasteiger partial charge in [-0.25, -0.2) is 0 Å². The van der Waals surface area contributed by atoms with Crippen LogP contribution in [-0.2, 0) is 9.53 Å². The first kappa shape index (κ1) is 10.4. The highest BCUT2D eigenvalue weighted by Gasteiger charge is 1.88. The monoisotopic (exact) mass is 159 g/mol. The minimum atomic E-state index is -1.04. The van der Waals surface area contributed by atoms with E-state index in [1.807, 2.05) is 0 Å². The summed E-state index contributed by atoms with van der Waals surface area (Å²) in [5, 5.41) is 9.90. The molecule has 0 unspecified atom stereocenters. The Morgan fingerprint density at radius 3 is 2.64 bits per heavy atom. The number of rotatable bonds is 7. The number of aliphatic carboxylic acids is 1. The fraction of sp³-hybridized carbons (Fsp3) is 0.875. The molecule has 0 heterocycles. The van der Waals surface area contributed by atoms with E-state index in [1.165, 1.54) is 0 Å². The molecule has 0 bridgehead atoms. The predicted octanol–water partition coefficient (Wildman–Crippen LogP) is 0.333. The summed E-state index contributed by atoms with van der Waals surface area (Å²) in [5.74, 6) is -1.04. The summed E-state index contributed by atoms with van der Waals surface area (Å²) in [7, 11) is 0. The minimum absolute atomic E-state index is 0.00608. The molecule has 0 aliphatic rings. The summed E-state index contributed by atoms with van der Waals surface area (Å²) in [6.45, 7) is 3.06. The highest BCUT2D eigenvalue weighted by atomic mass is 16.5. The Labute approximate surface area is 67.4 Å². The normalized spacial score (nSPS) is 9.91. The van der Waals surface area contributed by atoms with Gasteiger partial charge < -0.3 is 14.6 Å². The molecule has 0 atom stereocenters. The number of carboxylic acid groups (broad SMARTS) is 1. The van der Waals surface area contributed by atoms with Crippen LogP contribution < -0.4 is 5.11 Å². The summed E-state index contributed by atoms with van der Waals surface area (Å²) in [6.07, 6.45) is 3.32. The standard InChI is InChI=1S/C8H16O3/c1-2-3-4-6-11-7-5-8(9)10/h2-7H2,1H3,(H,9,10)/p-1. The molecule has 0 saturated carbocycles. The van der Waals surface area contributed by atoms with Gasteiger partial charge in [-0.1, -0.05) is 19.8 Å². The Hall–Kier alpha value is -0.570. The van der Waals surface area contributed by atoms with E-state index in [9.17, 15) is 9.90 Å². The first-order chi connectivity index (χ1) is 5.27. The van der Waals surface area contributed by atoms with Crippen molar-refractivity contribution in [2.45, 2.75) is 32.6 Å². The van der Waals surface area contributed by atoms with Crippen LogP contribution in [-0.4, -0.2) is 19.2 Å². The van der Waals surface area contributed by atoms with Gasteiger partial charge in [-0.15, -0.1) is 0 Å². The lowest BCUT2D eigenvalue weighted by Crippen LogP contribution is -2.23. The van der Waals surface area contributed by atoms with Gasteiger partial charge in [0.25, 0.3) is 0 Å². The summed E-state index contributed by atoms with van der Waals surface area (Å²) in [6, 6.07) is 0. The summed E-state index contributed by atoms with van der Waals surface area (Å²) < 4.78 is 5.03. The fourth-order valence-electron chi connectivity index (χ4n) is 0.712. The highest BCUT2D eigenvalue weighted by molar-refractivity contribution is 5.64. The number of carbonyl (C=O) groups is 1. The van der Waals surface area contributed by atoms with Crippen molar-refractivity contribution in [1.29, 1.82) is 0 Å². The summed E-state index contributed by atoms with van der Waals surface area (Å²) >= 11 is 0. The van der Waals surface area contributed by atoms with E-state index in [1.54, 1.807) is 0 Å². The molecule has 0 rings (SSSR count). The van der Waals surface area contributed by atoms with Gasteiger partial charge in [-0.3, -0.25) is 0 Å². The average molecular weight is 159 g/mol. The van der Waals surface area contributed by atoms with E-state index in [2.05, 4.69) is 6.92 Å². The molecular weight excluding hydrogens is 144 g/mol. The fourth-order valence-corrected chi connectivity index (χ4v) is 0.712. The van der Waals surface area contributed by atoms with Crippen molar-refractivity contribution in [3.8, 4) is 0 Å².